The van der Waals surface area contributed by atoms with Gasteiger partial charge < -0.3 is 19.5 Å². The second kappa shape index (κ2) is 6.45. The maximum atomic E-state index is 10.8. The average Bonchev–Trinajstić information content (AvgIpc) is 3.31. The molecule has 0 unspecified atom stereocenters. The third kappa shape index (κ3) is 3.43. The van der Waals surface area contributed by atoms with Gasteiger partial charge >= 0.3 is 0 Å². The summed E-state index contributed by atoms with van der Waals surface area (Å²) >= 11 is 0. The first-order valence-electron chi connectivity index (χ1n) is 8.94. The number of ether oxygens (including phenoxy) is 2. The molecule has 0 radical (unpaired) electrons. The molecule has 0 aromatic heterocycles. The van der Waals surface area contributed by atoms with E-state index in [9.17, 15) is 5.11 Å². The maximum Gasteiger partial charge on any atom is 0.163 e. The van der Waals surface area contributed by atoms with Crippen LogP contribution < -0.4 is 4.90 Å². The minimum atomic E-state index is -0.603. The van der Waals surface area contributed by atoms with Crippen LogP contribution >= 0.6 is 0 Å². The first-order chi connectivity index (χ1) is 12.1. The minimum Gasteiger partial charge on any atom is -0.390 e. The zero-order chi connectivity index (χ0) is 17.4. The summed E-state index contributed by atoms with van der Waals surface area (Å²) in [6, 6.07) is 21.0. The summed E-state index contributed by atoms with van der Waals surface area (Å²) in [6.07, 6.45) is 0.186. The van der Waals surface area contributed by atoms with Gasteiger partial charge in [-0.15, -0.1) is 0 Å². The van der Waals surface area contributed by atoms with Crippen molar-refractivity contribution in [2.75, 3.05) is 11.5 Å². The Morgan fingerprint density at radius 2 is 1.56 bits per heavy atom. The van der Waals surface area contributed by atoms with Crippen molar-refractivity contribution in [2.45, 2.75) is 44.3 Å². The van der Waals surface area contributed by atoms with E-state index in [0.717, 1.165) is 17.8 Å². The number of aliphatic hydroxyl groups is 1. The monoisotopic (exact) mass is 339 g/mol. The van der Waals surface area contributed by atoms with Gasteiger partial charge in [0.15, 0.2) is 5.79 Å². The van der Waals surface area contributed by atoms with E-state index in [1.54, 1.807) is 0 Å². The smallest absolute Gasteiger partial charge is 0.163 e. The largest absolute Gasteiger partial charge is 0.390 e. The number of rotatable bonds is 5. The highest BCUT2D eigenvalue weighted by Gasteiger charge is 2.51. The van der Waals surface area contributed by atoms with Gasteiger partial charge in [-0.1, -0.05) is 36.4 Å². The zero-order valence-corrected chi connectivity index (χ0v) is 14.7. The van der Waals surface area contributed by atoms with Crippen molar-refractivity contribution in [1.82, 2.24) is 0 Å². The summed E-state index contributed by atoms with van der Waals surface area (Å²) in [4.78, 5) is 2.33. The Morgan fingerprint density at radius 1 is 1.00 bits per heavy atom. The molecule has 2 aromatic rings. The highest BCUT2D eigenvalue weighted by atomic mass is 16.7. The van der Waals surface area contributed by atoms with Crippen LogP contribution in [0, 0.1) is 5.92 Å². The summed E-state index contributed by atoms with van der Waals surface area (Å²) in [5.41, 5.74) is 2.30. The van der Waals surface area contributed by atoms with Gasteiger partial charge in [0, 0.05) is 23.3 Å². The Kier molecular flexibility index (Phi) is 4.28. The lowest BCUT2D eigenvalue weighted by Crippen LogP contribution is -2.35. The van der Waals surface area contributed by atoms with Crippen LogP contribution in [0.1, 0.15) is 20.3 Å². The Hall–Kier alpha value is -1.88. The van der Waals surface area contributed by atoms with Crippen LogP contribution in [0.4, 0.5) is 11.4 Å². The molecule has 25 heavy (non-hydrogen) atoms. The lowest BCUT2D eigenvalue weighted by molar-refractivity contribution is -0.152. The normalized spacial score (nSPS) is 28.5. The van der Waals surface area contributed by atoms with E-state index in [1.165, 1.54) is 0 Å². The van der Waals surface area contributed by atoms with Crippen LogP contribution in [-0.2, 0) is 9.47 Å². The van der Waals surface area contributed by atoms with E-state index in [1.807, 2.05) is 26.0 Å². The number of benzene rings is 2. The molecule has 4 heteroatoms. The van der Waals surface area contributed by atoms with Gasteiger partial charge in [0.2, 0.25) is 0 Å². The molecule has 2 aromatic carbocycles. The van der Waals surface area contributed by atoms with E-state index in [-0.39, 0.29) is 18.1 Å². The number of nitrogens with zero attached hydrogens (tertiary/aromatic N) is 1. The molecule has 2 aliphatic rings. The first-order valence-corrected chi connectivity index (χ1v) is 8.94. The second-order valence-corrected chi connectivity index (χ2v) is 7.37. The van der Waals surface area contributed by atoms with Crippen molar-refractivity contribution in [1.29, 1.82) is 0 Å². The van der Waals surface area contributed by atoms with Crippen molar-refractivity contribution in [3.63, 3.8) is 0 Å². The van der Waals surface area contributed by atoms with Crippen molar-refractivity contribution in [2.24, 2.45) is 5.92 Å². The predicted molar refractivity (Wildman–Crippen MR) is 97.8 cm³/mol. The number of para-hydroxylation sites is 2. The van der Waals surface area contributed by atoms with Gasteiger partial charge in [-0.05, 0) is 44.5 Å². The molecule has 1 aliphatic carbocycles. The fourth-order valence-corrected chi connectivity index (χ4v) is 3.73. The highest BCUT2D eigenvalue weighted by Crippen LogP contribution is 2.46. The first kappa shape index (κ1) is 16.6. The van der Waals surface area contributed by atoms with E-state index in [2.05, 4.69) is 53.4 Å². The van der Waals surface area contributed by atoms with Crippen molar-refractivity contribution < 1.29 is 14.6 Å². The molecule has 0 bridgehead atoms. The van der Waals surface area contributed by atoms with Crippen molar-refractivity contribution >= 4 is 11.4 Å². The van der Waals surface area contributed by atoms with Gasteiger partial charge in [0.05, 0.1) is 12.7 Å². The Labute approximate surface area is 149 Å². The van der Waals surface area contributed by atoms with Crippen LogP contribution in [0.3, 0.4) is 0 Å². The van der Waals surface area contributed by atoms with Crippen molar-refractivity contribution in [3.8, 4) is 0 Å². The van der Waals surface area contributed by atoms with Gasteiger partial charge in [0.1, 0.15) is 6.10 Å². The quantitative estimate of drug-likeness (QED) is 0.901. The predicted octanol–water partition coefficient (Wildman–Crippen LogP) is 3.73. The molecule has 0 spiro atoms. The second-order valence-electron chi connectivity index (χ2n) is 7.37. The molecular formula is C21H25NO3. The van der Waals surface area contributed by atoms with Crippen LogP contribution in [0.2, 0.25) is 0 Å². The molecule has 4 nitrogen and oxygen atoms in total. The summed E-state index contributed by atoms with van der Waals surface area (Å²) in [5.74, 6) is -0.419. The third-order valence-electron chi connectivity index (χ3n) is 5.06. The molecular weight excluding hydrogens is 314 g/mol. The molecule has 4 atom stereocenters. The maximum absolute atomic E-state index is 10.8. The number of hydrogen-bond donors (Lipinski definition) is 1. The van der Waals surface area contributed by atoms with E-state index < -0.39 is 11.9 Å². The van der Waals surface area contributed by atoms with E-state index in [0.29, 0.717) is 6.61 Å². The summed E-state index contributed by atoms with van der Waals surface area (Å²) in [6.45, 7) is 4.24. The Morgan fingerprint density at radius 3 is 2.04 bits per heavy atom. The minimum absolute atomic E-state index is 0.183. The lowest BCUT2D eigenvalue weighted by Gasteiger charge is -2.27. The summed E-state index contributed by atoms with van der Waals surface area (Å²) in [7, 11) is 0. The molecule has 4 rings (SSSR count). The molecule has 1 saturated heterocycles. The van der Waals surface area contributed by atoms with Gasteiger partial charge in [0.25, 0.3) is 0 Å². The van der Waals surface area contributed by atoms with Crippen LogP contribution in [0.25, 0.3) is 0 Å². The Bertz CT molecular complexity index is 664. The number of hydrogen-bond acceptors (Lipinski definition) is 4. The van der Waals surface area contributed by atoms with Crippen LogP contribution in [0.15, 0.2) is 60.7 Å². The molecule has 1 heterocycles. The van der Waals surface area contributed by atoms with Crippen LogP contribution in [-0.4, -0.2) is 35.8 Å². The zero-order valence-electron chi connectivity index (χ0n) is 14.7. The standard InChI is InChI=1S/C21H25NO3/c1-21(2)24-14-19(25-21)20(23)17-13-18(17)22(15-9-5-3-6-10-15)16-11-7-4-8-12-16/h3-12,17-20,23H,13-14H2,1-2H3/t17-,18-,19+,20-/m1/s1. The molecule has 2 fully saturated rings. The molecule has 1 aliphatic heterocycles. The fraction of sp³-hybridized carbons (Fsp3) is 0.429. The molecule has 132 valence electrons. The Balaban J connectivity index is 1.54. The van der Waals surface area contributed by atoms with Crippen LogP contribution in [0.5, 0.6) is 0 Å². The fourth-order valence-electron chi connectivity index (χ4n) is 3.73. The van der Waals surface area contributed by atoms with Gasteiger partial charge in [-0.25, -0.2) is 0 Å². The summed E-state index contributed by atoms with van der Waals surface area (Å²) in [5, 5.41) is 10.8. The average molecular weight is 339 g/mol. The topological polar surface area (TPSA) is 41.9 Å². The molecule has 0 amide bonds. The third-order valence-corrected chi connectivity index (χ3v) is 5.06. The van der Waals surface area contributed by atoms with Gasteiger partial charge in [-0.2, -0.15) is 0 Å². The SMILES string of the molecule is CC1(C)OC[C@@H]([C@H](O)[C@@H]2C[C@H]2N(c2ccccc2)c2ccccc2)O1. The van der Waals surface area contributed by atoms with E-state index >= 15 is 0 Å². The van der Waals surface area contributed by atoms with Crippen molar-refractivity contribution in [3.05, 3.63) is 60.7 Å². The lowest BCUT2D eigenvalue weighted by atomic mass is 10.1. The molecule has 1 saturated carbocycles. The highest BCUT2D eigenvalue weighted by molar-refractivity contribution is 5.65. The van der Waals surface area contributed by atoms with E-state index in [4.69, 9.17) is 9.47 Å². The summed E-state index contributed by atoms with van der Waals surface area (Å²) < 4.78 is 11.5. The molecule has 1 N–H and O–H groups in total. The van der Waals surface area contributed by atoms with Gasteiger partial charge in [-0.3, -0.25) is 0 Å². The number of aliphatic hydroxyl groups excluding tert-OH is 1. The number of anilines is 2.